The number of fused-ring (bicyclic) bond motifs is 1. The molecule has 0 aliphatic heterocycles. The molecule has 3 aromatic rings. The second-order valence-electron chi connectivity index (χ2n) is 4.63. The zero-order chi connectivity index (χ0) is 13.8. The van der Waals surface area contributed by atoms with Crippen molar-refractivity contribution in [2.75, 3.05) is 0 Å². The summed E-state index contributed by atoms with van der Waals surface area (Å²) in [6.45, 7) is 2.09. The SMILES string of the molecule is CC=C(Sc1ccc2ccccc2c1)c1ccccc1. The smallest absolute Gasteiger partial charge is 0.0152 e. The van der Waals surface area contributed by atoms with Gasteiger partial charge in [-0.25, -0.2) is 0 Å². The van der Waals surface area contributed by atoms with Gasteiger partial charge in [-0.15, -0.1) is 0 Å². The normalized spacial score (nSPS) is 11.8. The van der Waals surface area contributed by atoms with E-state index in [0.29, 0.717) is 0 Å². The van der Waals surface area contributed by atoms with Crippen molar-refractivity contribution in [2.24, 2.45) is 0 Å². The number of thioether (sulfide) groups is 1. The molecule has 0 aliphatic rings. The van der Waals surface area contributed by atoms with E-state index in [4.69, 9.17) is 0 Å². The average Bonchev–Trinajstić information content (AvgIpc) is 2.53. The predicted molar refractivity (Wildman–Crippen MR) is 89.9 cm³/mol. The first-order chi connectivity index (χ1) is 9.86. The van der Waals surface area contributed by atoms with Gasteiger partial charge in [-0.3, -0.25) is 0 Å². The predicted octanol–water partition coefficient (Wildman–Crippen LogP) is 5.99. The first-order valence-electron chi connectivity index (χ1n) is 6.75. The maximum Gasteiger partial charge on any atom is 0.0152 e. The van der Waals surface area contributed by atoms with E-state index in [2.05, 4.69) is 85.8 Å². The van der Waals surface area contributed by atoms with Crippen LogP contribution in [0.25, 0.3) is 15.7 Å². The van der Waals surface area contributed by atoms with Crippen molar-refractivity contribution in [1.29, 1.82) is 0 Å². The first kappa shape index (κ1) is 13.0. The van der Waals surface area contributed by atoms with Crippen LogP contribution in [0.4, 0.5) is 0 Å². The minimum atomic E-state index is 1.27. The van der Waals surface area contributed by atoms with Crippen molar-refractivity contribution in [1.82, 2.24) is 0 Å². The average molecular weight is 276 g/mol. The van der Waals surface area contributed by atoms with Gasteiger partial charge in [0.25, 0.3) is 0 Å². The Morgan fingerprint density at radius 1 is 0.800 bits per heavy atom. The lowest BCUT2D eigenvalue weighted by Gasteiger charge is -2.08. The number of benzene rings is 3. The van der Waals surface area contributed by atoms with Gasteiger partial charge in [0.1, 0.15) is 0 Å². The summed E-state index contributed by atoms with van der Waals surface area (Å²) in [5.41, 5.74) is 1.27. The Labute approximate surface area is 124 Å². The van der Waals surface area contributed by atoms with Crippen molar-refractivity contribution in [3.8, 4) is 0 Å². The molecule has 0 N–H and O–H groups in total. The fraction of sp³-hybridized carbons (Fsp3) is 0.0526. The van der Waals surface area contributed by atoms with E-state index < -0.39 is 0 Å². The molecule has 3 rings (SSSR count). The summed E-state index contributed by atoms with van der Waals surface area (Å²) in [7, 11) is 0. The highest BCUT2D eigenvalue weighted by molar-refractivity contribution is 8.08. The summed E-state index contributed by atoms with van der Waals surface area (Å²) in [5.74, 6) is 0. The van der Waals surface area contributed by atoms with Gasteiger partial charge < -0.3 is 0 Å². The van der Waals surface area contributed by atoms with Crippen LogP contribution in [-0.4, -0.2) is 0 Å². The van der Waals surface area contributed by atoms with Gasteiger partial charge in [0, 0.05) is 9.80 Å². The van der Waals surface area contributed by atoms with Crippen molar-refractivity contribution in [2.45, 2.75) is 11.8 Å². The quantitative estimate of drug-likeness (QED) is 0.529. The second kappa shape index (κ2) is 5.98. The van der Waals surface area contributed by atoms with Crippen LogP contribution in [0.1, 0.15) is 12.5 Å². The maximum atomic E-state index is 2.26. The Morgan fingerprint density at radius 2 is 1.50 bits per heavy atom. The zero-order valence-electron chi connectivity index (χ0n) is 11.4. The molecule has 0 atom stereocenters. The van der Waals surface area contributed by atoms with E-state index in [1.165, 1.54) is 26.1 Å². The monoisotopic (exact) mass is 276 g/mol. The molecule has 0 saturated heterocycles. The third-order valence-corrected chi connectivity index (χ3v) is 4.45. The van der Waals surface area contributed by atoms with Gasteiger partial charge in [0.05, 0.1) is 0 Å². The number of rotatable bonds is 3. The van der Waals surface area contributed by atoms with Crippen LogP contribution in [0.2, 0.25) is 0 Å². The zero-order valence-corrected chi connectivity index (χ0v) is 12.2. The highest BCUT2D eigenvalue weighted by Crippen LogP contribution is 2.35. The summed E-state index contributed by atoms with van der Waals surface area (Å²) < 4.78 is 0. The molecule has 3 aromatic carbocycles. The molecule has 0 unspecified atom stereocenters. The maximum absolute atomic E-state index is 2.26. The largest absolute Gasteiger partial charge is 0.0898 e. The Kier molecular flexibility index (Phi) is 3.89. The molecule has 0 amide bonds. The van der Waals surface area contributed by atoms with Crippen LogP contribution in [0.15, 0.2) is 83.8 Å². The van der Waals surface area contributed by atoms with Crippen LogP contribution in [0.5, 0.6) is 0 Å². The van der Waals surface area contributed by atoms with Crippen LogP contribution in [0, 0.1) is 0 Å². The van der Waals surface area contributed by atoms with Crippen LogP contribution < -0.4 is 0 Å². The van der Waals surface area contributed by atoms with Crippen molar-refractivity contribution >= 4 is 27.4 Å². The third-order valence-electron chi connectivity index (χ3n) is 3.27. The first-order valence-corrected chi connectivity index (χ1v) is 7.57. The molecule has 0 fully saturated rings. The van der Waals surface area contributed by atoms with Gasteiger partial charge in [0.15, 0.2) is 0 Å². The molecule has 98 valence electrons. The molecule has 0 aliphatic carbocycles. The Morgan fingerprint density at radius 3 is 2.25 bits per heavy atom. The lowest BCUT2D eigenvalue weighted by molar-refractivity contribution is 1.51. The van der Waals surface area contributed by atoms with Gasteiger partial charge in [-0.2, -0.15) is 0 Å². The van der Waals surface area contributed by atoms with Gasteiger partial charge >= 0.3 is 0 Å². The molecule has 20 heavy (non-hydrogen) atoms. The minimum Gasteiger partial charge on any atom is -0.0898 e. The Hall–Kier alpha value is -1.99. The summed E-state index contributed by atoms with van der Waals surface area (Å²) in [5, 5.41) is 2.58. The molecule has 1 heteroatoms. The highest BCUT2D eigenvalue weighted by atomic mass is 32.2. The lowest BCUT2D eigenvalue weighted by atomic mass is 10.1. The van der Waals surface area contributed by atoms with Crippen molar-refractivity contribution < 1.29 is 0 Å². The van der Waals surface area contributed by atoms with E-state index in [1.807, 2.05) is 11.8 Å². The van der Waals surface area contributed by atoms with E-state index in [1.54, 1.807) is 0 Å². The minimum absolute atomic E-state index is 1.27. The Balaban J connectivity index is 1.92. The summed E-state index contributed by atoms with van der Waals surface area (Å²) in [6.07, 6.45) is 2.18. The van der Waals surface area contributed by atoms with E-state index in [0.717, 1.165) is 0 Å². The van der Waals surface area contributed by atoms with Gasteiger partial charge in [0.2, 0.25) is 0 Å². The molecule has 0 heterocycles. The summed E-state index contributed by atoms with van der Waals surface area (Å²) in [6, 6.07) is 25.7. The summed E-state index contributed by atoms with van der Waals surface area (Å²) in [4.78, 5) is 2.57. The van der Waals surface area contributed by atoms with Gasteiger partial charge in [-0.05, 0) is 35.4 Å². The van der Waals surface area contributed by atoms with Crippen molar-refractivity contribution in [3.63, 3.8) is 0 Å². The fourth-order valence-electron chi connectivity index (χ4n) is 2.24. The number of allylic oxidation sites excluding steroid dienone is 1. The van der Waals surface area contributed by atoms with E-state index in [-0.39, 0.29) is 0 Å². The van der Waals surface area contributed by atoms with Gasteiger partial charge in [-0.1, -0.05) is 78.5 Å². The molecule has 0 aromatic heterocycles. The topological polar surface area (TPSA) is 0 Å². The molecule has 0 spiro atoms. The molecule has 0 radical (unpaired) electrons. The van der Waals surface area contributed by atoms with E-state index in [9.17, 15) is 0 Å². The molecule has 0 bridgehead atoms. The van der Waals surface area contributed by atoms with Crippen molar-refractivity contribution in [3.05, 3.63) is 84.4 Å². The Bertz CT molecular complexity index is 742. The molecular formula is C19H16S. The number of hydrogen-bond acceptors (Lipinski definition) is 1. The molecular weight excluding hydrogens is 260 g/mol. The van der Waals surface area contributed by atoms with Crippen LogP contribution >= 0.6 is 11.8 Å². The van der Waals surface area contributed by atoms with E-state index >= 15 is 0 Å². The highest BCUT2D eigenvalue weighted by Gasteiger charge is 2.03. The molecule has 0 nitrogen and oxygen atoms in total. The summed E-state index contributed by atoms with van der Waals surface area (Å²) >= 11 is 1.82. The lowest BCUT2D eigenvalue weighted by Crippen LogP contribution is -1.80. The molecule has 0 saturated carbocycles. The number of hydrogen-bond donors (Lipinski definition) is 0. The third kappa shape index (κ3) is 2.78. The van der Waals surface area contributed by atoms with Crippen LogP contribution in [0.3, 0.4) is 0 Å². The van der Waals surface area contributed by atoms with Crippen LogP contribution in [-0.2, 0) is 0 Å². The second-order valence-corrected chi connectivity index (χ2v) is 5.75. The standard InChI is InChI=1S/C19H16S/c1-2-19(16-9-4-3-5-10-16)20-18-13-12-15-8-6-7-11-17(15)14-18/h2-14H,1H3. The fourth-order valence-corrected chi connectivity index (χ4v) is 3.19.